The molecule has 2 rings (SSSR count). The Morgan fingerprint density at radius 2 is 2.35 bits per heavy atom. The maximum Gasteiger partial charge on any atom is 0.242 e. The third-order valence-corrected chi connectivity index (χ3v) is 5.15. The molecule has 1 aromatic heterocycles. The van der Waals surface area contributed by atoms with Gasteiger partial charge < -0.3 is 4.90 Å². The molecule has 6 heteroatoms. The minimum atomic E-state index is -3.46. The molecule has 1 aromatic rings. The van der Waals surface area contributed by atoms with Crippen molar-refractivity contribution in [3.63, 3.8) is 0 Å². The number of rotatable bonds is 5. The van der Waals surface area contributed by atoms with Crippen molar-refractivity contribution in [3.05, 3.63) is 24.5 Å². The van der Waals surface area contributed by atoms with E-state index in [0.29, 0.717) is 5.92 Å². The number of piperidine rings is 1. The molecule has 1 N–H and O–H groups in total. The zero-order chi connectivity index (χ0) is 14.6. The smallest absolute Gasteiger partial charge is 0.242 e. The summed E-state index contributed by atoms with van der Waals surface area (Å²) in [7, 11) is -3.46. The molecule has 0 unspecified atom stereocenters. The maximum atomic E-state index is 12.2. The number of hydrogen-bond donors (Lipinski definition) is 1. The van der Waals surface area contributed by atoms with Crippen molar-refractivity contribution in [1.29, 1.82) is 0 Å². The molecular formula is C14H23N3O2S. The molecule has 0 amide bonds. The quantitative estimate of drug-likeness (QED) is 0.894. The molecular weight excluding hydrogens is 274 g/mol. The molecule has 0 radical (unpaired) electrons. The predicted molar refractivity (Wildman–Crippen MR) is 78.9 cm³/mol. The number of aromatic nitrogens is 1. The van der Waals surface area contributed by atoms with Gasteiger partial charge in [0.25, 0.3) is 0 Å². The van der Waals surface area contributed by atoms with Gasteiger partial charge in [-0.05, 0) is 44.4 Å². The van der Waals surface area contributed by atoms with Crippen LogP contribution in [0.4, 0.5) is 0 Å². The van der Waals surface area contributed by atoms with Crippen LogP contribution in [-0.4, -0.2) is 44.0 Å². The van der Waals surface area contributed by atoms with Gasteiger partial charge in [0.2, 0.25) is 10.0 Å². The molecule has 1 aliphatic rings. The number of nitrogens with one attached hydrogen (secondary N) is 1. The van der Waals surface area contributed by atoms with Crippen LogP contribution >= 0.6 is 0 Å². The third-order valence-electron chi connectivity index (χ3n) is 3.57. The van der Waals surface area contributed by atoms with Crippen LogP contribution in [0.15, 0.2) is 29.4 Å². The van der Waals surface area contributed by atoms with Crippen LogP contribution in [0.3, 0.4) is 0 Å². The molecule has 1 aliphatic heterocycles. The van der Waals surface area contributed by atoms with Gasteiger partial charge in [0, 0.05) is 31.5 Å². The second kappa shape index (κ2) is 6.65. The Hall–Kier alpha value is -0.980. The lowest BCUT2D eigenvalue weighted by molar-refractivity contribution is 0.174. The number of sulfonamides is 1. The van der Waals surface area contributed by atoms with Gasteiger partial charge in [-0.3, -0.25) is 4.98 Å². The van der Waals surface area contributed by atoms with Crippen molar-refractivity contribution in [1.82, 2.24) is 14.6 Å². The number of nitrogens with zero attached hydrogens (tertiary/aromatic N) is 2. The Bertz CT molecular complexity index is 518. The van der Waals surface area contributed by atoms with Gasteiger partial charge in [0.15, 0.2) is 0 Å². The number of pyridine rings is 1. The zero-order valence-electron chi connectivity index (χ0n) is 12.1. The van der Waals surface area contributed by atoms with E-state index in [-0.39, 0.29) is 10.9 Å². The maximum absolute atomic E-state index is 12.2. The summed E-state index contributed by atoms with van der Waals surface area (Å²) in [6, 6.07) is 3.09. The number of likely N-dealkylation sites (tertiary alicyclic amines) is 1. The van der Waals surface area contributed by atoms with Crippen molar-refractivity contribution in [2.75, 3.05) is 19.6 Å². The minimum Gasteiger partial charge on any atom is -0.301 e. The molecule has 0 saturated carbocycles. The second-order valence-electron chi connectivity index (χ2n) is 5.72. The van der Waals surface area contributed by atoms with Crippen LogP contribution in [-0.2, 0) is 10.0 Å². The van der Waals surface area contributed by atoms with Gasteiger partial charge >= 0.3 is 0 Å². The lowest BCUT2D eigenvalue weighted by Gasteiger charge is -2.32. The molecule has 112 valence electrons. The molecule has 0 aromatic carbocycles. The van der Waals surface area contributed by atoms with E-state index < -0.39 is 10.0 Å². The second-order valence-corrected chi connectivity index (χ2v) is 7.43. The molecule has 0 spiro atoms. The lowest BCUT2D eigenvalue weighted by Crippen LogP contribution is -2.45. The van der Waals surface area contributed by atoms with E-state index in [0.717, 1.165) is 19.6 Å². The SMILES string of the molecule is C[C@@H]1CCCN(C[C@@H](C)NS(=O)(=O)c2cccnc2)C1. The Morgan fingerprint density at radius 1 is 1.55 bits per heavy atom. The number of hydrogen-bond acceptors (Lipinski definition) is 4. The molecule has 2 atom stereocenters. The van der Waals surface area contributed by atoms with Crippen LogP contribution in [0.2, 0.25) is 0 Å². The average Bonchev–Trinajstić information content (AvgIpc) is 2.39. The van der Waals surface area contributed by atoms with E-state index in [1.54, 1.807) is 18.3 Å². The van der Waals surface area contributed by atoms with Crippen molar-refractivity contribution < 1.29 is 8.42 Å². The minimum absolute atomic E-state index is 0.106. The highest BCUT2D eigenvalue weighted by Gasteiger charge is 2.21. The van der Waals surface area contributed by atoms with E-state index in [9.17, 15) is 8.42 Å². The molecule has 5 nitrogen and oxygen atoms in total. The van der Waals surface area contributed by atoms with Crippen LogP contribution in [0.1, 0.15) is 26.7 Å². The summed E-state index contributed by atoms with van der Waals surface area (Å²) in [5, 5.41) is 0. The first kappa shape index (κ1) is 15.4. The molecule has 1 fully saturated rings. The lowest BCUT2D eigenvalue weighted by atomic mass is 10.00. The predicted octanol–water partition coefficient (Wildman–Crippen LogP) is 1.48. The summed E-state index contributed by atoms with van der Waals surface area (Å²) in [5.74, 6) is 0.700. The van der Waals surface area contributed by atoms with Gasteiger partial charge in [-0.25, -0.2) is 13.1 Å². The van der Waals surface area contributed by atoms with Gasteiger partial charge in [-0.1, -0.05) is 6.92 Å². The largest absolute Gasteiger partial charge is 0.301 e. The average molecular weight is 297 g/mol. The van der Waals surface area contributed by atoms with E-state index in [4.69, 9.17) is 0 Å². The molecule has 0 bridgehead atoms. The summed E-state index contributed by atoms with van der Waals surface area (Å²) in [5.41, 5.74) is 0. The van der Waals surface area contributed by atoms with Crippen LogP contribution < -0.4 is 4.72 Å². The normalized spacial score (nSPS) is 22.6. The van der Waals surface area contributed by atoms with E-state index in [1.807, 2.05) is 6.92 Å². The Kier molecular flexibility index (Phi) is 5.12. The highest BCUT2D eigenvalue weighted by atomic mass is 32.2. The summed E-state index contributed by atoms with van der Waals surface area (Å²) in [6.07, 6.45) is 5.41. The highest BCUT2D eigenvalue weighted by Crippen LogP contribution is 2.16. The van der Waals surface area contributed by atoms with Crippen molar-refractivity contribution in [3.8, 4) is 0 Å². The van der Waals surface area contributed by atoms with Crippen LogP contribution in [0, 0.1) is 5.92 Å². The highest BCUT2D eigenvalue weighted by molar-refractivity contribution is 7.89. The molecule has 2 heterocycles. The third kappa shape index (κ3) is 4.26. The van der Waals surface area contributed by atoms with E-state index >= 15 is 0 Å². The molecule has 0 aliphatic carbocycles. The standard InChI is InChI=1S/C14H23N3O2S/c1-12-5-4-8-17(10-12)11-13(2)16-20(18,19)14-6-3-7-15-9-14/h3,6-7,9,12-13,16H,4-5,8,10-11H2,1-2H3/t12-,13-/m1/s1. The van der Waals surface area contributed by atoms with Crippen molar-refractivity contribution >= 4 is 10.0 Å². The van der Waals surface area contributed by atoms with Crippen LogP contribution in [0.25, 0.3) is 0 Å². The Balaban J connectivity index is 1.92. The summed E-state index contributed by atoms with van der Waals surface area (Å²) in [6.45, 7) is 7.02. The van der Waals surface area contributed by atoms with Crippen molar-refractivity contribution in [2.24, 2.45) is 5.92 Å². The van der Waals surface area contributed by atoms with Gasteiger partial charge in [0.1, 0.15) is 4.90 Å². The van der Waals surface area contributed by atoms with Gasteiger partial charge in [-0.15, -0.1) is 0 Å². The first-order valence-electron chi connectivity index (χ1n) is 7.12. The molecule has 20 heavy (non-hydrogen) atoms. The van der Waals surface area contributed by atoms with E-state index in [2.05, 4.69) is 21.5 Å². The fraction of sp³-hybridized carbons (Fsp3) is 0.643. The van der Waals surface area contributed by atoms with Gasteiger partial charge in [-0.2, -0.15) is 0 Å². The van der Waals surface area contributed by atoms with Gasteiger partial charge in [0.05, 0.1) is 0 Å². The van der Waals surface area contributed by atoms with Crippen molar-refractivity contribution in [2.45, 2.75) is 37.6 Å². The first-order valence-corrected chi connectivity index (χ1v) is 8.60. The Labute approximate surface area is 121 Å². The zero-order valence-corrected chi connectivity index (χ0v) is 12.9. The summed E-state index contributed by atoms with van der Waals surface area (Å²) in [4.78, 5) is 6.41. The summed E-state index contributed by atoms with van der Waals surface area (Å²) < 4.78 is 27.1. The van der Waals surface area contributed by atoms with Crippen LogP contribution in [0.5, 0.6) is 0 Å². The monoisotopic (exact) mass is 297 g/mol. The molecule has 1 saturated heterocycles. The fourth-order valence-corrected chi connectivity index (χ4v) is 3.91. The fourth-order valence-electron chi connectivity index (χ4n) is 2.72. The van der Waals surface area contributed by atoms with E-state index in [1.165, 1.54) is 19.0 Å². The topological polar surface area (TPSA) is 62.3 Å². The Morgan fingerprint density at radius 3 is 3.00 bits per heavy atom. The first-order chi connectivity index (χ1) is 9.47. The summed E-state index contributed by atoms with van der Waals surface area (Å²) >= 11 is 0.